The lowest BCUT2D eigenvalue weighted by Crippen LogP contribution is -2.12. The Bertz CT molecular complexity index is 400. The Morgan fingerprint density at radius 2 is 1.89 bits per heavy atom. The minimum atomic E-state index is 0.261. The molecule has 3 nitrogen and oxygen atoms in total. The number of hydrogen-bond acceptors (Lipinski definition) is 3. The van der Waals surface area contributed by atoms with Gasteiger partial charge >= 0.3 is 0 Å². The molecule has 102 valence electrons. The van der Waals surface area contributed by atoms with E-state index in [9.17, 15) is 0 Å². The molecule has 1 aromatic heterocycles. The minimum Gasteiger partial charge on any atom is -0.477 e. The third kappa shape index (κ3) is 4.81. The standard InChI is InChI=1S/C14H23ClN2O/c1-6-7-11-16-12(15)10(2)13(17-11)18-9-8-14(3,4)5/h6-9H2,1-5H3. The van der Waals surface area contributed by atoms with Gasteiger partial charge in [0.05, 0.1) is 6.61 Å². The van der Waals surface area contributed by atoms with Crippen molar-refractivity contribution in [2.45, 2.75) is 53.9 Å². The third-order valence-electron chi connectivity index (χ3n) is 2.65. The Labute approximate surface area is 115 Å². The zero-order chi connectivity index (χ0) is 13.8. The summed E-state index contributed by atoms with van der Waals surface area (Å²) in [5.41, 5.74) is 1.09. The molecule has 1 heterocycles. The molecule has 0 radical (unpaired) electrons. The number of aromatic nitrogens is 2. The van der Waals surface area contributed by atoms with Gasteiger partial charge in [0.2, 0.25) is 5.88 Å². The smallest absolute Gasteiger partial charge is 0.221 e. The van der Waals surface area contributed by atoms with Crippen molar-refractivity contribution in [3.8, 4) is 5.88 Å². The van der Waals surface area contributed by atoms with Crippen molar-refractivity contribution >= 4 is 11.6 Å². The van der Waals surface area contributed by atoms with Gasteiger partial charge in [-0.25, -0.2) is 4.98 Å². The molecule has 0 bridgehead atoms. The molecule has 0 aromatic carbocycles. The maximum Gasteiger partial charge on any atom is 0.221 e. The molecule has 1 aromatic rings. The molecule has 0 unspecified atom stereocenters. The monoisotopic (exact) mass is 270 g/mol. The lowest BCUT2D eigenvalue weighted by atomic mass is 9.93. The zero-order valence-electron chi connectivity index (χ0n) is 12.0. The van der Waals surface area contributed by atoms with E-state index in [1.54, 1.807) is 0 Å². The number of halogens is 1. The first kappa shape index (κ1) is 15.2. The van der Waals surface area contributed by atoms with Crippen LogP contribution >= 0.6 is 11.6 Å². The second-order valence-corrected chi connectivity index (χ2v) is 6.13. The lowest BCUT2D eigenvalue weighted by Gasteiger charge is -2.18. The van der Waals surface area contributed by atoms with Gasteiger partial charge in [-0.15, -0.1) is 0 Å². The average Bonchev–Trinajstić information content (AvgIpc) is 2.23. The fraction of sp³-hybridized carbons (Fsp3) is 0.714. The molecule has 0 spiro atoms. The van der Waals surface area contributed by atoms with Crippen LogP contribution in [-0.4, -0.2) is 16.6 Å². The summed E-state index contributed by atoms with van der Waals surface area (Å²) in [5.74, 6) is 1.39. The number of ether oxygens (including phenoxy) is 1. The fourth-order valence-electron chi connectivity index (χ4n) is 1.44. The first-order valence-corrected chi connectivity index (χ1v) is 6.87. The van der Waals surface area contributed by atoms with Crippen LogP contribution < -0.4 is 4.74 Å². The first-order chi connectivity index (χ1) is 8.33. The summed E-state index contributed by atoms with van der Waals surface area (Å²) >= 11 is 6.09. The largest absolute Gasteiger partial charge is 0.477 e. The quantitative estimate of drug-likeness (QED) is 0.752. The molecule has 0 atom stereocenters. The van der Waals surface area contributed by atoms with Crippen LogP contribution in [-0.2, 0) is 6.42 Å². The molecular formula is C14H23ClN2O. The summed E-state index contributed by atoms with van der Waals surface area (Å²) in [6.07, 6.45) is 2.81. The van der Waals surface area contributed by atoms with Crippen molar-refractivity contribution in [2.24, 2.45) is 5.41 Å². The van der Waals surface area contributed by atoms with Gasteiger partial charge in [-0.3, -0.25) is 0 Å². The van der Waals surface area contributed by atoms with Crippen molar-refractivity contribution in [3.05, 3.63) is 16.5 Å². The Hall–Kier alpha value is -0.830. The van der Waals surface area contributed by atoms with E-state index in [0.29, 0.717) is 17.6 Å². The molecule has 18 heavy (non-hydrogen) atoms. The van der Waals surface area contributed by atoms with Crippen molar-refractivity contribution in [1.29, 1.82) is 0 Å². The van der Waals surface area contributed by atoms with Crippen LogP contribution in [0.1, 0.15) is 51.9 Å². The Kier molecular flexibility index (Phi) is 5.39. The lowest BCUT2D eigenvalue weighted by molar-refractivity contribution is 0.234. The second-order valence-electron chi connectivity index (χ2n) is 5.77. The maximum absolute atomic E-state index is 6.09. The van der Waals surface area contributed by atoms with Crippen molar-refractivity contribution < 1.29 is 4.74 Å². The topological polar surface area (TPSA) is 35.0 Å². The molecule has 0 saturated carbocycles. The van der Waals surface area contributed by atoms with E-state index < -0.39 is 0 Å². The molecule has 0 amide bonds. The van der Waals surface area contributed by atoms with Gasteiger partial charge in [-0.1, -0.05) is 39.3 Å². The van der Waals surface area contributed by atoms with Gasteiger partial charge in [0.15, 0.2) is 0 Å². The number of nitrogens with zero attached hydrogens (tertiary/aromatic N) is 2. The first-order valence-electron chi connectivity index (χ1n) is 6.49. The molecule has 0 N–H and O–H groups in total. The molecule has 0 saturated heterocycles. The van der Waals surface area contributed by atoms with E-state index in [4.69, 9.17) is 16.3 Å². The van der Waals surface area contributed by atoms with Crippen LogP contribution in [0.3, 0.4) is 0 Å². The molecule has 4 heteroatoms. The van der Waals surface area contributed by atoms with Gasteiger partial charge < -0.3 is 4.74 Å². The Morgan fingerprint density at radius 1 is 1.22 bits per heavy atom. The highest BCUT2D eigenvalue weighted by Gasteiger charge is 2.13. The molecular weight excluding hydrogens is 248 g/mol. The third-order valence-corrected chi connectivity index (χ3v) is 3.02. The van der Waals surface area contributed by atoms with Gasteiger partial charge in [-0.05, 0) is 25.2 Å². The predicted molar refractivity (Wildman–Crippen MR) is 75.3 cm³/mol. The summed E-state index contributed by atoms with van der Waals surface area (Å²) in [5, 5.41) is 0.499. The van der Waals surface area contributed by atoms with Crippen molar-refractivity contribution in [1.82, 2.24) is 9.97 Å². The molecule has 0 aliphatic carbocycles. The van der Waals surface area contributed by atoms with Crippen molar-refractivity contribution in [3.63, 3.8) is 0 Å². The second kappa shape index (κ2) is 6.37. The molecule has 0 fully saturated rings. The normalized spacial score (nSPS) is 11.7. The van der Waals surface area contributed by atoms with E-state index in [1.807, 2.05) is 6.92 Å². The minimum absolute atomic E-state index is 0.261. The highest BCUT2D eigenvalue weighted by molar-refractivity contribution is 6.30. The van der Waals surface area contributed by atoms with Crippen LogP contribution in [0.4, 0.5) is 0 Å². The van der Waals surface area contributed by atoms with Gasteiger partial charge in [0, 0.05) is 12.0 Å². The van der Waals surface area contributed by atoms with E-state index in [1.165, 1.54) is 0 Å². The van der Waals surface area contributed by atoms with E-state index in [-0.39, 0.29) is 5.41 Å². The Morgan fingerprint density at radius 3 is 2.44 bits per heavy atom. The van der Waals surface area contributed by atoms with Crippen LogP contribution in [0.5, 0.6) is 5.88 Å². The van der Waals surface area contributed by atoms with E-state index in [2.05, 4.69) is 37.7 Å². The summed E-state index contributed by atoms with van der Waals surface area (Å²) in [6, 6.07) is 0. The number of rotatable bonds is 5. The Balaban J connectivity index is 2.74. The van der Waals surface area contributed by atoms with E-state index >= 15 is 0 Å². The van der Waals surface area contributed by atoms with Crippen molar-refractivity contribution in [2.75, 3.05) is 6.61 Å². The molecule has 1 rings (SSSR count). The number of hydrogen-bond donors (Lipinski definition) is 0. The average molecular weight is 271 g/mol. The van der Waals surface area contributed by atoms with Gasteiger partial charge in [-0.2, -0.15) is 4.98 Å². The van der Waals surface area contributed by atoms with Crippen LogP contribution in [0.15, 0.2) is 0 Å². The van der Waals surface area contributed by atoms with Crippen LogP contribution in [0.25, 0.3) is 0 Å². The van der Waals surface area contributed by atoms with E-state index in [0.717, 1.165) is 30.7 Å². The maximum atomic E-state index is 6.09. The number of aryl methyl sites for hydroxylation is 1. The highest BCUT2D eigenvalue weighted by atomic mass is 35.5. The molecule has 0 aliphatic rings. The SMILES string of the molecule is CCCc1nc(Cl)c(C)c(OCCC(C)(C)C)n1. The van der Waals surface area contributed by atoms with Crippen LogP contribution in [0.2, 0.25) is 5.15 Å². The molecule has 0 aliphatic heterocycles. The fourth-order valence-corrected chi connectivity index (χ4v) is 1.62. The van der Waals surface area contributed by atoms with Gasteiger partial charge in [0.1, 0.15) is 11.0 Å². The summed E-state index contributed by atoms with van der Waals surface area (Å²) in [6.45, 7) is 11.2. The summed E-state index contributed by atoms with van der Waals surface area (Å²) < 4.78 is 5.75. The zero-order valence-corrected chi connectivity index (χ0v) is 12.8. The van der Waals surface area contributed by atoms with Gasteiger partial charge in [0.25, 0.3) is 0 Å². The summed E-state index contributed by atoms with van der Waals surface area (Å²) in [7, 11) is 0. The summed E-state index contributed by atoms with van der Waals surface area (Å²) in [4.78, 5) is 8.68. The van der Waals surface area contributed by atoms with Crippen LogP contribution in [0, 0.1) is 12.3 Å². The highest BCUT2D eigenvalue weighted by Crippen LogP contribution is 2.24. The predicted octanol–water partition coefficient (Wildman–Crippen LogP) is 4.21.